The second kappa shape index (κ2) is 9.74. The van der Waals surface area contributed by atoms with Crippen LogP contribution in [0.5, 0.6) is 0 Å². The average Bonchev–Trinajstić information content (AvgIpc) is 2.62. The van der Waals surface area contributed by atoms with Crippen molar-refractivity contribution in [1.29, 1.82) is 0 Å². The number of methoxy groups -OCH3 is 1. The SMILES string of the molecule is COC(=O)CCN(CCC1=CCCCC1)C(=O)C1CCCCC1. The van der Waals surface area contributed by atoms with Gasteiger partial charge in [0, 0.05) is 19.0 Å². The van der Waals surface area contributed by atoms with Crippen LogP contribution in [-0.4, -0.2) is 37.0 Å². The third-order valence-electron chi connectivity index (χ3n) is 5.17. The second-order valence-electron chi connectivity index (χ2n) is 6.84. The molecule has 0 radical (unpaired) electrons. The van der Waals surface area contributed by atoms with Crippen LogP contribution in [0.15, 0.2) is 11.6 Å². The van der Waals surface area contributed by atoms with Crippen LogP contribution in [0.3, 0.4) is 0 Å². The molecule has 0 saturated heterocycles. The maximum Gasteiger partial charge on any atom is 0.307 e. The average molecular weight is 321 g/mol. The van der Waals surface area contributed by atoms with Crippen LogP contribution in [0.4, 0.5) is 0 Å². The van der Waals surface area contributed by atoms with E-state index >= 15 is 0 Å². The summed E-state index contributed by atoms with van der Waals surface area (Å²) < 4.78 is 4.73. The van der Waals surface area contributed by atoms with E-state index in [0.717, 1.165) is 38.6 Å². The standard InChI is InChI=1S/C19H31NO3/c1-23-18(21)13-15-20(14-12-16-8-4-2-5-9-16)19(22)17-10-6-3-7-11-17/h8,17H,2-7,9-15H2,1H3. The number of nitrogens with zero attached hydrogens (tertiary/aromatic N) is 1. The van der Waals surface area contributed by atoms with Gasteiger partial charge in [-0.2, -0.15) is 0 Å². The van der Waals surface area contributed by atoms with Crippen LogP contribution in [0.1, 0.15) is 70.6 Å². The fraction of sp³-hybridized carbons (Fsp3) is 0.789. The Balaban J connectivity index is 1.90. The third-order valence-corrected chi connectivity index (χ3v) is 5.17. The normalized spacial score (nSPS) is 19.1. The second-order valence-corrected chi connectivity index (χ2v) is 6.84. The van der Waals surface area contributed by atoms with Gasteiger partial charge in [0.05, 0.1) is 13.5 Å². The first-order valence-electron chi connectivity index (χ1n) is 9.24. The molecule has 0 heterocycles. The van der Waals surface area contributed by atoms with Gasteiger partial charge in [0.1, 0.15) is 0 Å². The van der Waals surface area contributed by atoms with Crippen molar-refractivity contribution in [2.75, 3.05) is 20.2 Å². The molecule has 0 unspecified atom stereocenters. The van der Waals surface area contributed by atoms with E-state index < -0.39 is 0 Å². The lowest BCUT2D eigenvalue weighted by Gasteiger charge is -2.29. The van der Waals surface area contributed by atoms with Crippen molar-refractivity contribution in [2.45, 2.75) is 70.6 Å². The molecule has 0 bridgehead atoms. The summed E-state index contributed by atoms with van der Waals surface area (Å²) in [6, 6.07) is 0. The monoisotopic (exact) mass is 321 g/mol. The Hall–Kier alpha value is -1.32. The third kappa shape index (κ3) is 6.00. The highest BCUT2D eigenvalue weighted by molar-refractivity contribution is 5.79. The molecule has 0 aromatic rings. The zero-order valence-corrected chi connectivity index (χ0v) is 14.5. The lowest BCUT2D eigenvalue weighted by atomic mass is 9.88. The van der Waals surface area contributed by atoms with Crippen LogP contribution in [0.2, 0.25) is 0 Å². The fourth-order valence-electron chi connectivity index (χ4n) is 3.68. The van der Waals surface area contributed by atoms with E-state index in [0.29, 0.717) is 13.0 Å². The predicted octanol–water partition coefficient (Wildman–Crippen LogP) is 3.85. The number of amides is 1. The van der Waals surface area contributed by atoms with Crippen LogP contribution >= 0.6 is 0 Å². The Morgan fingerprint density at radius 3 is 2.57 bits per heavy atom. The van der Waals surface area contributed by atoms with E-state index in [1.165, 1.54) is 44.8 Å². The minimum absolute atomic E-state index is 0.168. The van der Waals surface area contributed by atoms with Gasteiger partial charge in [-0.3, -0.25) is 9.59 Å². The summed E-state index contributed by atoms with van der Waals surface area (Å²) in [6.07, 6.45) is 14.1. The van der Waals surface area contributed by atoms with Gasteiger partial charge in [-0.1, -0.05) is 30.9 Å². The molecule has 0 aliphatic heterocycles. The van der Waals surface area contributed by atoms with E-state index in [9.17, 15) is 9.59 Å². The highest BCUT2D eigenvalue weighted by Gasteiger charge is 2.26. The van der Waals surface area contributed by atoms with Crippen molar-refractivity contribution >= 4 is 11.9 Å². The molecule has 2 aliphatic carbocycles. The zero-order valence-electron chi connectivity index (χ0n) is 14.5. The van der Waals surface area contributed by atoms with Crippen LogP contribution < -0.4 is 0 Å². The van der Waals surface area contributed by atoms with Crippen molar-refractivity contribution in [3.63, 3.8) is 0 Å². The quantitative estimate of drug-likeness (QED) is 0.528. The highest BCUT2D eigenvalue weighted by atomic mass is 16.5. The molecule has 0 atom stereocenters. The van der Waals surface area contributed by atoms with E-state index in [-0.39, 0.29) is 17.8 Å². The van der Waals surface area contributed by atoms with Gasteiger partial charge in [-0.15, -0.1) is 0 Å². The molecule has 1 amide bonds. The predicted molar refractivity (Wildman–Crippen MR) is 91.0 cm³/mol. The van der Waals surface area contributed by atoms with Gasteiger partial charge in [-0.05, 0) is 44.9 Å². The molecule has 4 heteroatoms. The largest absolute Gasteiger partial charge is 0.469 e. The molecule has 130 valence electrons. The number of ether oxygens (including phenoxy) is 1. The van der Waals surface area contributed by atoms with Crippen molar-refractivity contribution in [3.8, 4) is 0 Å². The van der Waals surface area contributed by atoms with Gasteiger partial charge in [-0.25, -0.2) is 0 Å². The molecule has 0 aromatic carbocycles. The Bertz CT molecular complexity index is 424. The lowest BCUT2D eigenvalue weighted by molar-refractivity contribution is -0.142. The van der Waals surface area contributed by atoms with Crippen LogP contribution in [-0.2, 0) is 14.3 Å². The van der Waals surface area contributed by atoms with Crippen LogP contribution in [0, 0.1) is 5.92 Å². The molecular weight excluding hydrogens is 290 g/mol. The molecule has 0 N–H and O–H groups in total. The van der Waals surface area contributed by atoms with Gasteiger partial charge in [0.25, 0.3) is 0 Å². The Morgan fingerprint density at radius 1 is 1.13 bits per heavy atom. The molecule has 0 aromatic heterocycles. The van der Waals surface area contributed by atoms with Crippen molar-refractivity contribution in [1.82, 2.24) is 4.90 Å². The van der Waals surface area contributed by atoms with Crippen LogP contribution in [0.25, 0.3) is 0 Å². The summed E-state index contributed by atoms with van der Waals surface area (Å²) >= 11 is 0. The molecule has 1 saturated carbocycles. The number of allylic oxidation sites excluding steroid dienone is 1. The number of hydrogen-bond donors (Lipinski definition) is 0. The first-order valence-corrected chi connectivity index (χ1v) is 9.24. The highest BCUT2D eigenvalue weighted by Crippen LogP contribution is 2.26. The van der Waals surface area contributed by atoms with E-state index in [1.54, 1.807) is 0 Å². The summed E-state index contributed by atoms with van der Waals surface area (Å²) in [5.74, 6) is 0.190. The first-order chi connectivity index (χ1) is 11.2. The van der Waals surface area contributed by atoms with E-state index in [2.05, 4.69) is 6.08 Å². The van der Waals surface area contributed by atoms with Crippen molar-refractivity contribution < 1.29 is 14.3 Å². The van der Waals surface area contributed by atoms with Crippen molar-refractivity contribution in [2.24, 2.45) is 5.92 Å². The van der Waals surface area contributed by atoms with Gasteiger partial charge in [0.2, 0.25) is 5.91 Å². The summed E-state index contributed by atoms with van der Waals surface area (Å²) in [4.78, 5) is 26.2. The molecule has 0 spiro atoms. The molecule has 2 aliphatic rings. The molecule has 4 nitrogen and oxygen atoms in total. The maximum absolute atomic E-state index is 12.8. The molecule has 2 rings (SSSR count). The summed E-state index contributed by atoms with van der Waals surface area (Å²) in [7, 11) is 1.41. The topological polar surface area (TPSA) is 46.6 Å². The van der Waals surface area contributed by atoms with Gasteiger partial charge in [0.15, 0.2) is 0 Å². The fourth-order valence-corrected chi connectivity index (χ4v) is 3.68. The number of hydrogen-bond acceptors (Lipinski definition) is 3. The lowest BCUT2D eigenvalue weighted by Crippen LogP contribution is -2.39. The number of esters is 1. The number of rotatable bonds is 7. The van der Waals surface area contributed by atoms with Gasteiger partial charge >= 0.3 is 5.97 Å². The van der Waals surface area contributed by atoms with E-state index in [4.69, 9.17) is 4.74 Å². The molecule has 23 heavy (non-hydrogen) atoms. The summed E-state index contributed by atoms with van der Waals surface area (Å²) in [5.41, 5.74) is 1.48. The summed E-state index contributed by atoms with van der Waals surface area (Å²) in [6.45, 7) is 1.24. The smallest absolute Gasteiger partial charge is 0.307 e. The minimum Gasteiger partial charge on any atom is -0.469 e. The maximum atomic E-state index is 12.8. The molecule has 1 fully saturated rings. The van der Waals surface area contributed by atoms with Gasteiger partial charge < -0.3 is 9.64 Å². The Morgan fingerprint density at radius 2 is 1.91 bits per heavy atom. The van der Waals surface area contributed by atoms with E-state index in [1.807, 2.05) is 4.90 Å². The number of carbonyl (C=O) groups is 2. The zero-order chi connectivity index (χ0) is 16.5. The minimum atomic E-state index is -0.233. The first kappa shape index (κ1) is 18.0. The van der Waals surface area contributed by atoms with Crippen molar-refractivity contribution in [3.05, 3.63) is 11.6 Å². The molecular formula is C19H31NO3. The summed E-state index contributed by atoms with van der Waals surface area (Å²) in [5, 5.41) is 0. The Kier molecular flexibility index (Phi) is 7.63. The Labute approximate surface area is 140 Å². The number of carbonyl (C=O) groups excluding carboxylic acids is 2.